The van der Waals surface area contributed by atoms with Gasteiger partial charge in [0.1, 0.15) is 0 Å². The van der Waals surface area contributed by atoms with E-state index in [-0.39, 0.29) is 24.3 Å². The second-order valence-electron chi connectivity index (χ2n) is 5.91. The van der Waals surface area contributed by atoms with E-state index in [0.717, 1.165) is 12.1 Å². The Labute approximate surface area is 141 Å². The second kappa shape index (κ2) is 7.26. The number of carboxylic acids is 1. The lowest BCUT2D eigenvalue weighted by molar-refractivity contribution is -0.385. The SMILES string of the molecule is CCN(CC(=O)O)C1CC(Nc2ccc([N+](=O)[O-])cc2C(F)(F)F)C1. The molecule has 25 heavy (non-hydrogen) atoms. The van der Waals surface area contributed by atoms with Gasteiger partial charge in [-0.2, -0.15) is 13.2 Å². The van der Waals surface area contributed by atoms with Crippen molar-refractivity contribution >= 4 is 17.3 Å². The van der Waals surface area contributed by atoms with Crippen LogP contribution in [0.15, 0.2) is 18.2 Å². The molecule has 0 atom stereocenters. The number of aliphatic carboxylic acids is 1. The van der Waals surface area contributed by atoms with Crippen LogP contribution < -0.4 is 5.32 Å². The number of carboxylic acid groups (broad SMARTS) is 1. The highest BCUT2D eigenvalue weighted by Crippen LogP contribution is 2.39. The topological polar surface area (TPSA) is 95.7 Å². The molecule has 7 nitrogen and oxygen atoms in total. The minimum absolute atomic E-state index is 0.00835. The Morgan fingerprint density at radius 2 is 2.08 bits per heavy atom. The van der Waals surface area contributed by atoms with Crippen LogP contribution in [0.3, 0.4) is 0 Å². The highest BCUT2D eigenvalue weighted by Gasteiger charge is 2.38. The lowest BCUT2D eigenvalue weighted by Gasteiger charge is -2.42. The summed E-state index contributed by atoms with van der Waals surface area (Å²) >= 11 is 0. The third-order valence-electron chi connectivity index (χ3n) is 4.25. The van der Waals surface area contributed by atoms with Gasteiger partial charge in [-0.3, -0.25) is 19.8 Å². The molecule has 0 spiro atoms. The molecule has 1 aromatic rings. The summed E-state index contributed by atoms with van der Waals surface area (Å²) in [6.45, 7) is 2.25. The number of benzene rings is 1. The van der Waals surface area contributed by atoms with E-state index in [2.05, 4.69) is 5.32 Å². The summed E-state index contributed by atoms with van der Waals surface area (Å²) in [7, 11) is 0. The van der Waals surface area contributed by atoms with Gasteiger partial charge < -0.3 is 10.4 Å². The largest absolute Gasteiger partial charge is 0.480 e. The summed E-state index contributed by atoms with van der Waals surface area (Å²) in [5.41, 5.74) is -1.91. The lowest BCUT2D eigenvalue weighted by Crippen LogP contribution is -2.51. The Balaban J connectivity index is 2.07. The molecule has 0 aliphatic heterocycles. The van der Waals surface area contributed by atoms with E-state index >= 15 is 0 Å². The van der Waals surface area contributed by atoms with Crippen molar-refractivity contribution in [3.8, 4) is 0 Å². The molecule has 0 saturated heterocycles. The summed E-state index contributed by atoms with van der Waals surface area (Å²) in [5.74, 6) is -0.951. The van der Waals surface area contributed by atoms with Gasteiger partial charge >= 0.3 is 12.1 Å². The number of rotatable bonds is 7. The number of nitrogens with one attached hydrogen (secondary N) is 1. The smallest absolute Gasteiger partial charge is 0.418 e. The fourth-order valence-electron chi connectivity index (χ4n) is 2.90. The van der Waals surface area contributed by atoms with Gasteiger partial charge in [0.2, 0.25) is 0 Å². The molecule has 2 rings (SSSR count). The molecule has 0 heterocycles. The zero-order chi connectivity index (χ0) is 18.8. The Bertz CT molecular complexity index is 660. The number of nitro groups is 1. The standard InChI is InChI=1S/C15H18F3N3O4/c1-2-20(8-14(22)23)11-5-9(6-11)19-13-4-3-10(21(24)25)7-12(13)15(16,17)18/h3-4,7,9,11,19H,2,5-6,8H2,1H3,(H,22,23). The van der Waals surface area contributed by atoms with Crippen molar-refractivity contribution in [2.45, 2.75) is 38.0 Å². The second-order valence-corrected chi connectivity index (χ2v) is 5.91. The van der Waals surface area contributed by atoms with Crippen LogP contribution in [0, 0.1) is 10.1 Å². The number of carbonyl (C=O) groups is 1. The quantitative estimate of drug-likeness (QED) is 0.573. The highest BCUT2D eigenvalue weighted by atomic mass is 19.4. The maximum atomic E-state index is 13.1. The number of anilines is 1. The van der Waals surface area contributed by atoms with E-state index in [1.54, 1.807) is 4.90 Å². The van der Waals surface area contributed by atoms with Crippen molar-refractivity contribution in [3.05, 3.63) is 33.9 Å². The zero-order valence-electron chi connectivity index (χ0n) is 13.4. The van der Waals surface area contributed by atoms with Gasteiger partial charge in [0.25, 0.3) is 5.69 Å². The maximum absolute atomic E-state index is 13.1. The molecular weight excluding hydrogens is 343 g/mol. The third-order valence-corrected chi connectivity index (χ3v) is 4.25. The Morgan fingerprint density at radius 3 is 2.56 bits per heavy atom. The number of nitro benzene ring substituents is 1. The van der Waals surface area contributed by atoms with Gasteiger partial charge in [0, 0.05) is 29.9 Å². The Hall–Kier alpha value is -2.36. The molecule has 0 aromatic heterocycles. The van der Waals surface area contributed by atoms with Crippen molar-refractivity contribution in [1.82, 2.24) is 4.90 Å². The molecule has 2 N–H and O–H groups in total. The summed E-state index contributed by atoms with van der Waals surface area (Å²) < 4.78 is 39.4. The minimum Gasteiger partial charge on any atom is -0.480 e. The van der Waals surface area contributed by atoms with Crippen LogP contribution in [0.5, 0.6) is 0 Å². The van der Waals surface area contributed by atoms with Gasteiger partial charge in [-0.25, -0.2) is 0 Å². The monoisotopic (exact) mass is 361 g/mol. The van der Waals surface area contributed by atoms with E-state index in [9.17, 15) is 28.1 Å². The predicted octanol–water partition coefficient (Wildman–Crippen LogP) is 2.96. The molecule has 0 amide bonds. The average molecular weight is 361 g/mol. The molecule has 1 aromatic carbocycles. The van der Waals surface area contributed by atoms with Crippen LogP contribution in [-0.4, -0.2) is 46.1 Å². The number of hydrogen-bond donors (Lipinski definition) is 2. The van der Waals surface area contributed by atoms with Crippen molar-refractivity contribution in [2.24, 2.45) is 0 Å². The van der Waals surface area contributed by atoms with Crippen molar-refractivity contribution in [1.29, 1.82) is 0 Å². The Morgan fingerprint density at radius 1 is 1.44 bits per heavy atom. The molecule has 0 radical (unpaired) electrons. The number of nitrogens with zero attached hydrogens (tertiary/aromatic N) is 2. The maximum Gasteiger partial charge on any atom is 0.418 e. The van der Waals surface area contributed by atoms with Crippen LogP contribution in [0.2, 0.25) is 0 Å². The molecule has 1 aliphatic carbocycles. The van der Waals surface area contributed by atoms with Crippen molar-refractivity contribution in [2.75, 3.05) is 18.4 Å². The molecule has 1 fully saturated rings. The fraction of sp³-hybridized carbons (Fsp3) is 0.533. The first kappa shape index (κ1) is 19.0. The zero-order valence-corrected chi connectivity index (χ0v) is 13.4. The Kier molecular flexibility index (Phi) is 5.51. The van der Waals surface area contributed by atoms with E-state index in [0.29, 0.717) is 25.5 Å². The minimum atomic E-state index is -4.71. The van der Waals surface area contributed by atoms with Crippen molar-refractivity contribution in [3.63, 3.8) is 0 Å². The van der Waals surface area contributed by atoms with E-state index in [4.69, 9.17) is 5.11 Å². The number of likely N-dealkylation sites (N-methyl/N-ethyl adjacent to an activating group) is 1. The molecule has 1 saturated carbocycles. The number of hydrogen-bond acceptors (Lipinski definition) is 5. The van der Waals surface area contributed by atoms with Crippen molar-refractivity contribution < 1.29 is 28.0 Å². The summed E-state index contributed by atoms with van der Waals surface area (Å²) in [6, 6.07) is 2.35. The number of alkyl halides is 3. The van der Waals surface area contributed by atoms with Crippen LogP contribution in [0.4, 0.5) is 24.5 Å². The number of halogens is 3. The van der Waals surface area contributed by atoms with Gasteiger partial charge in [-0.1, -0.05) is 6.92 Å². The third kappa shape index (κ3) is 4.59. The molecular formula is C15H18F3N3O4. The van der Waals surface area contributed by atoms with Gasteiger partial charge in [-0.15, -0.1) is 0 Å². The highest BCUT2D eigenvalue weighted by molar-refractivity contribution is 5.69. The predicted molar refractivity (Wildman–Crippen MR) is 83.4 cm³/mol. The molecule has 0 bridgehead atoms. The normalized spacial score (nSPS) is 20.2. The van der Waals surface area contributed by atoms with E-state index < -0.39 is 28.3 Å². The summed E-state index contributed by atoms with van der Waals surface area (Å²) in [5, 5.41) is 22.3. The first-order valence-corrected chi connectivity index (χ1v) is 7.69. The molecule has 138 valence electrons. The van der Waals surface area contributed by atoms with Gasteiger partial charge in [0.05, 0.1) is 17.0 Å². The fourth-order valence-corrected chi connectivity index (χ4v) is 2.90. The molecule has 1 aliphatic rings. The van der Waals surface area contributed by atoms with Crippen LogP contribution in [0.25, 0.3) is 0 Å². The van der Waals surface area contributed by atoms with Crippen LogP contribution >= 0.6 is 0 Å². The number of non-ortho nitro benzene ring substituents is 1. The summed E-state index contributed by atoms with van der Waals surface area (Å²) in [4.78, 5) is 22.4. The molecule has 10 heteroatoms. The van der Waals surface area contributed by atoms with Gasteiger partial charge in [0.15, 0.2) is 0 Å². The van der Waals surface area contributed by atoms with Crippen LogP contribution in [-0.2, 0) is 11.0 Å². The lowest BCUT2D eigenvalue weighted by atomic mass is 9.85. The summed E-state index contributed by atoms with van der Waals surface area (Å²) in [6.07, 6.45) is -3.69. The van der Waals surface area contributed by atoms with Crippen LogP contribution in [0.1, 0.15) is 25.3 Å². The first-order chi connectivity index (χ1) is 11.6. The van der Waals surface area contributed by atoms with Gasteiger partial charge in [-0.05, 0) is 25.5 Å². The van der Waals surface area contributed by atoms with E-state index in [1.165, 1.54) is 0 Å². The first-order valence-electron chi connectivity index (χ1n) is 7.69. The molecule has 0 unspecified atom stereocenters. The average Bonchev–Trinajstić information content (AvgIpc) is 2.47. The van der Waals surface area contributed by atoms with E-state index in [1.807, 2.05) is 6.92 Å².